The summed E-state index contributed by atoms with van der Waals surface area (Å²) in [6, 6.07) is 9.92. The van der Waals surface area contributed by atoms with Crippen molar-refractivity contribution in [2.45, 2.75) is 26.9 Å². The molecule has 0 fully saturated rings. The monoisotopic (exact) mass is 313 g/mol. The van der Waals surface area contributed by atoms with Crippen molar-refractivity contribution < 1.29 is 5.11 Å². The molecule has 2 heterocycles. The molecule has 0 amide bonds. The second-order valence-corrected chi connectivity index (χ2v) is 6.56. The van der Waals surface area contributed by atoms with Crippen molar-refractivity contribution in [2.75, 3.05) is 11.9 Å². The van der Waals surface area contributed by atoms with E-state index in [0.717, 1.165) is 46.0 Å². The largest absolute Gasteiger partial charge is 0.392 e. The first-order valence-electron chi connectivity index (χ1n) is 7.33. The number of hydrogen-bond acceptors (Lipinski definition) is 5. The number of fused-ring (bicyclic) bond motifs is 1. The molecule has 0 bridgehead atoms. The predicted molar refractivity (Wildman–Crippen MR) is 91.4 cm³/mol. The van der Waals surface area contributed by atoms with E-state index in [2.05, 4.69) is 22.2 Å². The minimum Gasteiger partial charge on any atom is -0.392 e. The number of pyridine rings is 1. The average molecular weight is 313 g/mol. The highest BCUT2D eigenvalue weighted by Crippen LogP contribution is 2.21. The van der Waals surface area contributed by atoms with Crippen LogP contribution in [0.25, 0.3) is 10.9 Å². The molecule has 0 aliphatic heterocycles. The maximum atomic E-state index is 9.54. The van der Waals surface area contributed by atoms with Gasteiger partial charge in [0.1, 0.15) is 5.82 Å². The van der Waals surface area contributed by atoms with E-state index in [1.807, 2.05) is 37.3 Å². The summed E-state index contributed by atoms with van der Waals surface area (Å²) >= 11 is 1.74. The number of para-hydroxylation sites is 1. The van der Waals surface area contributed by atoms with Gasteiger partial charge in [-0.15, -0.1) is 11.3 Å². The maximum Gasteiger partial charge on any atom is 0.132 e. The summed E-state index contributed by atoms with van der Waals surface area (Å²) in [5.74, 6) is 0.756. The first-order valence-corrected chi connectivity index (χ1v) is 8.15. The van der Waals surface area contributed by atoms with Gasteiger partial charge in [-0.2, -0.15) is 0 Å². The third-order valence-corrected chi connectivity index (χ3v) is 4.81. The summed E-state index contributed by atoms with van der Waals surface area (Å²) < 4.78 is 0. The molecule has 5 heteroatoms. The van der Waals surface area contributed by atoms with Crippen molar-refractivity contribution in [3.63, 3.8) is 0 Å². The molecular weight excluding hydrogens is 294 g/mol. The first kappa shape index (κ1) is 14.9. The number of benzene rings is 1. The summed E-state index contributed by atoms with van der Waals surface area (Å²) in [6.45, 7) is 4.87. The minimum atomic E-state index is -0.0182. The van der Waals surface area contributed by atoms with Gasteiger partial charge in [0, 0.05) is 28.8 Å². The zero-order valence-corrected chi connectivity index (χ0v) is 13.6. The first-order chi connectivity index (χ1) is 10.7. The van der Waals surface area contributed by atoms with Crippen molar-refractivity contribution in [3.8, 4) is 0 Å². The zero-order valence-electron chi connectivity index (χ0n) is 12.8. The lowest BCUT2D eigenvalue weighted by Crippen LogP contribution is -2.09. The van der Waals surface area contributed by atoms with E-state index in [0.29, 0.717) is 0 Å². The Bertz CT molecular complexity index is 778. The normalized spacial score (nSPS) is 11.0. The van der Waals surface area contributed by atoms with Crippen molar-refractivity contribution in [3.05, 3.63) is 51.5 Å². The van der Waals surface area contributed by atoms with E-state index in [9.17, 15) is 5.11 Å². The lowest BCUT2D eigenvalue weighted by atomic mass is 10.1. The molecule has 0 atom stereocenters. The zero-order chi connectivity index (χ0) is 15.5. The summed E-state index contributed by atoms with van der Waals surface area (Å²) in [5, 5.41) is 15.1. The van der Waals surface area contributed by atoms with Crippen molar-refractivity contribution in [1.29, 1.82) is 0 Å². The number of aromatic nitrogens is 2. The van der Waals surface area contributed by atoms with Gasteiger partial charge < -0.3 is 10.4 Å². The molecule has 0 aliphatic carbocycles. The summed E-state index contributed by atoms with van der Waals surface area (Å²) in [4.78, 5) is 10.4. The van der Waals surface area contributed by atoms with Crippen LogP contribution in [0.15, 0.2) is 30.3 Å². The molecule has 4 nitrogen and oxygen atoms in total. The highest BCUT2D eigenvalue weighted by molar-refractivity contribution is 7.11. The number of aliphatic hydroxyl groups excluding tert-OH is 1. The second kappa shape index (κ2) is 6.42. The predicted octanol–water partition coefficient (Wildman–Crippen LogP) is 3.46. The fraction of sp³-hybridized carbons (Fsp3) is 0.294. The van der Waals surface area contributed by atoms with E-state index in [1.165, 1.54) is 4.88 Å². The van der Waals surface area contributed by atoms with Crippen LogP contribution in [0.4, 0.5) is 5.82 Å². The number of nitrogens with zero attached hydrogens (tertiary/aromatic N) is 2. The summed E-state index contributed by atoms with van der Waals surface area (Å²) in [6.07, 6.45) is 0.860. The Morgan fingerprint density at radius 2 is 2.00 bits per heavy atom. The SMILES string of the molecule is Cc1nc(CCNc2nc3ccccc3cc2CO)sc1C. The molecule has 0 saturated heterocycles. The average Bonchev–Trinajstić information content (AvgIpc) is 2.85. The Kier molecular flexibility index (Phi) is 4.36. The standard InChI is InChI=1S/C17H19N3OS/c1-11-12(2)22-16(19-11)7-8-18-17-14(10-21)9-13-5-3-4-6-15(13)20-17/h3-6,9,21H,7-8,10H2,1-2H3,(H,18,20). The van der Waals surface area contributed by atoms with Crippen LogP contribution in [0.5, 0.6) is 0 Å². The van der Waals surface area contributed by atoms with Gasteiger partial charge in [0.15, 0.2) is 0 Å². The Morgan fingerprint density at radius 3 is 2.73 bits per heavy atom. The molecule has 0 radical (unpaired) electrons. The smallest absolute Gasteiger partial charge is 0.132 e. The van der Waals surface area contributed by atoms with Gasteiger partial charge in [-0.1, -0.05) is 18.2 Å². The maximum absolute atomic E-state index is 9.54. The van der Waals surface area contributed by atoms with Crippen LogP contribution in [0.3, 0.4) is 0 Å². The van der Waals surface area contributed by atoms with Gasteiger partial charge in [-0.3, -0.25) is 0 Å². The fourth-order valence-electron chi connectivity index (χ4n) is 2.37. The van der Waals surface area contributed by atoms with E-state index in [-0.39, 0.29) is 6.61 Å². The molecule has 22 heavy (non-hydrogen) atoms. The lowest BCUT2D eigenvalue weighted by Gasteiger charge is -2.10. The van der Waals surface area contributed by atoms with Crippen molar-refractivity contribution >= 4 is 28.1 Å². The van der Waals surface area contributed by atoms with Crippen LogP contribution in [0.2, 0.25) is 0 Å². The second-order valence-electron chi connectivity index (χ2n) is 5.27. The van der Waals surface area contributed by atoms with Gasteiger partial charge in [-0.25, -0.2) is 9.97 Å². The minimum absolute atomic E-state index is 0.0182. The molecule has 2 N–H and O–H groups in total. The summed E-state index contributed by atoms with van der Waals surface area (Å²) in [5.41, 5.74) is 2.87. The van der Waals surface area contributed by atoms with Crippen LogP contribution in [-0.2, 0) is 13.0 Å². The highest BCUT2D eigenvalue weighted by atomic mass is 32.1. The number of aliphatic hydroxyl groups is 1. The van der Waals surface area contributed by atoms with Gasteiger partial charge in [0.2, 0.25) is 0 Å². The Balaban J connectivity index is 1.75. The van der Waals surface area contributed by atoms with Crippen LogP contribution >= 0.6 is 11.3 Å². The lowest BCUT2D eigenvalue weighted by molar-refractivity contribution is 0.282. The molecule has 0 saturated carbocycles. The number of anilines is 1. The number of hydrogen-bond donors (Lipinski definition) is 2. The Labute approximate surface area is 133 Å². The van der Waals surface area contributed by atoms with Gasteiger partial charge in [-0.05, 0) is 26.0 Å². The summed E-state index contributed by atoms with van der Waals surface area (Å²) in [7, 11) is 0. The molecule has 3 rings (SSSR count). The molecule has 0 aliphatic rings. The highest BCUT2D eigenvalue weighted by Gasteiger charge is 2.07. The van der Waals surface area contributed by atoms with E-state index < -0.39 is 0 Å². The molecule has 3 aromatic rings. The van der Waals surface area contributed by atoms with Crippen molar-refractivity contribution in [1.82, 2.24) is 9.97 Å². The van der Waals surface area contributed by atoms with Gasteiger partial charge in [0.05, 0.1) is 22.8 Å². The topological polar surface area (TPSA) is 58.0 Å². The van der Waals surface area contributed by atoms with Crippen LogP contribution in [0, 0.1) is 13.8 Å². The van der Waals surface area contributed by atoms with Crippen LogP contribution in [0.1, 0.15) is 21.1 Å². The molecule has 2 aromatic heterocycles. The fourth-order valence-corrected chi connectivity index (χ4v) is 3.30. The number of thiazole rings is 1. The van der Waals surface area contributed by atoms with E-state index >= 15 is 0 Å². The van der Waals surface area contributed by atoms with Gasteiger partial charge >= 0.3 is 0 Å². The van der Waals surface area contributed by atoms with Crippen LogP contribution in [-0.4, -0.2) is 21.6 Å². The van der Waals surface area contributed by atoms with E-state index in [4.69, 9.17) is 0 Å². The van der Waals surface area contributed by atoms with E-state index in [1.54, 1.807) is 11.3 Å². The third-order valence-electron chi connectivity index (χ3n) is 3.68. The molecule has 1 aromatic carbocycles. The van der Waals surface area contributed by atoms with Crippen molar-refractivity contribution in [2.24, 2.45) is 0 Å². The molecule has 0 spiro atoms. The number of aryl methyl sites for hydroxylation is 2. The number of nitrogens with one attached hydrogen (secondary N) is 1. The third kappa shape index (κ3) is 3.10. The molecule has 114 valence electrons. The Morgan fingerprint density at radius 1 is 1.18 bits per heavy atom. The Hall–Kier alpha value is -1.98. The van der Waals surface area contributed by atoms with Gasteiger partial charge in [0.25, 0.3) is 0 Å². The molecular formula is C17H19N3OS. The van der Waals surface area contributed by atoms with Crippen LogP contribution < -0.4 is 5.32 Å². The quantitative estimate of drug-likeness (QED) is 0.757. The number of rotatable bonds is 5. The molecule has 0 unspecified atom stereocenters.